The molecule has 92 valence electrons. The topological polar surface area (TPSA) is 70.5 Å². The average Bonchev–Trinajstić information content (AvgIpc) is 2.61. The SMILES string of the molecule is Cc1nc(CN(C)S(=O)(=O)CCCO)cs1. The normalized spacial score (nSPS) is 12.2. The van der Waals surface area contributed by atoms with Gasteiger partial charge in [0, 0.05) is 19.0 Å². The first kappa shape index (κ1) is 13.6. The van der Waals surface area contributed by atoms with Gasteiger partial charge >= 0.3 is 0 Å². The third-order valence-corrected chi connectivity index (χ3v) is 4.79. The van der Waals surface area contributed by atoms with Crippen LogP contribution in [0.4, 0.5) is 0 Å². The Morgan fingerprint density at radius 3 is 2.75 bits per heavy atom. The maximum atomic E-state index is 11.7. The second-order valence-corrected chi connectivity index (χ2v) is 6.76. The highest BCUT2D eigenvalue weighted by Crippen LogP contribution is 2.12. The maximum absolute atomic E-state index is 11.7. The summed E-state index contributed by atoms with van der Waals surface area (Å²) in [4.78, 5) is 4.21. The van der Waals surface area contributed by atoms with Gasteiger partial charge in [-0.2, -0.15) is 4.31 Å². The Bertz CT molecular complexity index is 428. The van der Waals surface area contributed by atoms with E-state index in [2.05, 4.69) is 4.98 Å². The number of thiazole rings is 1. The van der Waals surface area contributed by atoms with Gasteiger partial charge < -0.3 is 5.11 Å². The van der Waals surface area contributed by atoms with Crippen LogP contribution in [0.1, 0.15) is 17.1 Å². The van der Waals surface area contributed by atoms with Crippen LogP contribution in [-0.2, 0) is 16.6 Å². The molecule has 1 heterocycles. The lowest BCUT2D eigenvalue weighted by molar-refractivity contribution is 0.294. The number of nitrogens with zero attached hydrogens (tertiary/aromatic N) is 2. The van der Waals surface area contributed by atoms with Crippen LogP contribution in [0, 0.1) is 6.92 Å². The summed E-state index contributed by atoms with van der Waals surface area (Å²) in [6.07, 6.45) is 0.267. The summed E-state index contributed by atoms with van der Waals surface area (Å²) < 4.78 is 24.7. The number of aryl methyl sites for hydroxylation is 1. The van der Waals surface area contributed by atoms with Crippen molar-refractivity contribution in [2.24, 2.45) is 0 Å². The van der Waals surface area contributed by atoms with Gasteiger partial charge in [0.15, 0.2) is 0 Å². The minimum Gasteiger partial charge on any atom is -0.396 e. The number of hydrogen-bond donors (Lipinski definition) is 1. The van der Waals surface area contributed by atoms with Crippen LogP contribution in [-0.4, -0.2) is 42.2 Å². The molecular weight excluding hydrogens is 248 g/mol. The van der Waals surface area contributed by atoms with Crippen molar-refractivity contribution in [3.05, 3.63) is 16.1 Å². The first-order valence-corrected chi connectivity index (χ1v) is 7.40. The van der Waals surface area contributed by atoms with Crippen LogP contribution in [0.3, 0.4) is 0 Å². The molecule has 0 saturated heterocycles. The van der Waals surface area contributed by atoms with Gasteiger partial charge in [-0.05, 0) is 13.3 Å². The average molecular weight is 264 g/mol. The zero-order chi connectivity index (χ0) is 12.2. The van der Waals surface area contributed by atoms with Crippen LogP contribution in [0.25, 0.3) is 0 Å². The summed E-state index contributed by atoms with van der Waals surface area (Å²) in [6.45, 7) is 2.06. The Balaban J connectivity index is 2.61. The molecule has 16 heavy (non-hydrogen) atoms. The fourth-order valence-corrected chi connectivity index (χ4v) is 2.95. The quantitative estimate of drug-likeness (QED) is 0.816. The molecule has 0 fully saturated rings. The molecule has 0 unspecified atom stereocenters. The van der Waals surface area contributed by atoms with Gasteiger partial charge in [0.1, 0.15) is 0 Å². The lowest BCUT2D eigenvalue weighted by atomic mass is 10.5. The van der Waals surface area contributed by atoms with Crippen molar-refractivity contribution in [2.45, 2.75) is 19.9 Å². The second-order valence-electron chi connectivity index (χ2n) is 3.51. The molecule has 0 aliphatic carbocycles. The molecule has 0 spiro atoms. The largest absolute Gasteiger partial charge is 0.396 e. The molecule has 0 aromatic carbocycles. The molecule has 5 nitrogen and oxygen atoms in total. The molecule has 0 bridgehead atoms. The first-order valence-electron chi connectivity index (χ1n) is 4.91. The van der Waals surface area contributed by atoms with Gasteiger partial charge in [-0.1, -0.05) is 0 Å². The fourth-order valence-electron chi connectivity index (χ4n) is 1.21. The zero-order valence-electron chi connectivity index (χ0n) is 9.38. The summed E-state index contributed by atoms with van der Waals surface area (Å²) in [6, 6.07) is 0. The van der Waals surface area contributed by atoms with E-state index < -0.39 is 10.0 Å². The highest BCUT2D eigenvalue weighted by atomic mass is 32.2. The number of aliphatic hydroxyl groups excluding tert-OH is 1. The summed E-state index contributed by atoms with van der Waals surface area (Å²) in [5.41, 5.74) is 0.762. The van der Waals surface area contributed by atoms with Crippen molar-refractivity contribution in [3.8, 4) is 0 Å². The Kier molecular flexibility index (Phi) is 4.85. The molecule has 0 radical (unpaired) electrons. The van der Waals surface area contributed by atoms with Gasteiger partial charge in [0.25, 0.3) is 0 Å². The van der Waals surface area contributed by atoms with Crippen LogP contribution >= 0.6 is 11.3 Å². The van der Waals surface area contributed by atoms with Crippen molar-refractivity contribution in [3.63, 3.8) is 0 Å². The van der Waals surface area contributed by atoms with E-state index in [0.717, 1.165) is 10.7 Å². The van der Waals surface area contributed by atoms with Gasteiger partial charge in [0.05, 0.1) is 23.0 Å². The van der Waals surface area contributed by atoms with Crippen molar-refractivity contribution in [1.82, 2.24) is 9.29 Å². The monoisotopic (exact) mass is 264 g/mol. The van der Waals surface area contributed by atoms with Gasteiger partial charge in [-0.15, -0.1) is 11.3 Å². The van der Waals surface area contributed by atoms with Crippen molar-refractivity contribution in [1.29, 1.82) is 0 Å². The highest BCUT2D eigenvalue weighted by molar-refractivity contribution is 7.89. The minimum absolute atomic E-state index is 0.0247. The van der Waals surface area contributed by atoms with Crippen molar-refractivity contribution in [2.75, 3.05) is 19.4 Å². The molecular formula is C9H16N2O3S2. The van der Waals surface area contributed by atoms with E-state index in [0.29, 0.717) is 0 Å². The van der Waals surface area contributed by atoms with Crippen LogP contribution in [0.2, 0.25) is 0 Å². The lowest BCUT2D eigenvalue weighted by Crippen LogP contribution is -2.29. The predicted molar refractivity (Wildman–Crippen MR) is 63.8 cm³/mol. The van der Waals surface area contributed by atoms with Gasteiger partial charge in [-0.3, -0.25) is 0 Å². The van der Waals surface area contributed by atoms with Crippen LogP contribution < -0.4 is 0 Å². The fraction of sp³-hybridized carbons (Fsp3) is 0.667. The number of sulfonamides is 1. The van der Waals surface area contributed by atoms with E-state index in [9.17, 15) is 8.42 Å². The molecule has 0 amide bonds. The summed E-state index contributed by atoms with van der Waals surface area (Å²) in [7, 11) is -1.74. The van der Waals surface area contributed by atoms with Gasteiger partial charge in [0.2, 0.25) is 10.0 Å². The molecule has 0 aliphatic rings. The maximum Gasteiger partial charge on any atom is 0.214 e. The van der Waals surface area contributed by atoms with Crippen LogP contribution in [0.15, 0.2) is 5.38 Å². The van der Waals surface area contributed by atoms with E-state index in [1.807, 2.05) is 12.3 Å². The molecule has 0 aliphatic heterocycles. The Labute approximate surface area is 99.8 Å². The minimum atomic E-state index is -3.27. The summed E-state index contributed by atoms with van der Waals surface area (Å²) in [5, 5.41) is 11.4. The molecule has 1 N–H and O–H groups in total. The number of aliphatic hydroxyl groups is 1. The first-order chi connectivity index (χ1) is 7.45. The molecule has 0 saturated carbocycles. The Morgan fingerprint density at radius 2 is 2.25 bits per heavy atom. The zero-order valence-corrected chi connectivity index (χ0v) is 11.0. The number of hydrogen-bond acceptors (Lipinski definition) is 5. The summed E-state index contributed by atoms with van der Waals surface area (Å²) >= 11 is 1.50. The van der Waals surface area contributed by atoms with E-state index in [1.165, 1.54) is 22.7 Å². The molecule has 7 heteroatoms. The highest BCUT2D eigenvalue weighted by Gasteiger charge is 2.18. The Morgan fingerprint density at radius 1 is 1.56 bits per heavy atom. The van der Waals surface area contributed by atoms with Crippen molar-refractivity contribution >= 4 is 21.4 Å². The predicted octanol–water partition coefficient (Wildman–Crippen LogP) is 0.596. The molecule has 1 aromatic heterocycles. The van der Waals surface area contributed by atoms with E-state index in [1.54, 1.807) is 0 Å². The van der Waals surface area contributed by atoms with E-state index in [-0.39, 0.29) is 25.3 Å². The third-order valence-electron chi connectivity index (χ3n) is 2.09. The number of aromatic nitrogens is 1. The second kappa shape index (κ2) is 5.72. The molecule has 0 atom stereocenters. The van der Waals surface area contributed by atoms with Crippen LogP contribution in [0.5, 0.6) is 0 Å². The summed E-state index contributed by atoms with van der Waals surface area (Å²) in [5.74, 6) is -0.0247. The van der Waals surface area contributed by atoms with Gasteiger partial charge in [-0.25, -0.2) is 13.4 Å². The Hall–Kier alpha value is -0.500. The van der Waals surface area contributed by atoms with Crippen molar-refractivity contribution < 1.29 is 13.5 Å². The third kappa shape index (κ3) is 3.82. The molecule has 1 rings (SSSR count). The smallest absolute Gasteiger partial charge is 0.214 e. The number of rotatable bonds is 6. The van der Waals surface area contributed by atoms with E-state index >= 15 is 0 Å². The van der Waals surface area contributed by atoms with E-state index in [4.69, 9.17) is 5.11 Å². The lowest BCUT2D eigenvalue weighted by Gasteiger charge is -2.15. The molecule has 1 aromatic rings. The standard InChI is InChI=1S/C9H16N2O3S2/c1-8-10-9(7-15-8)6-11(2)16(13,14)5-3-4-12/h7,12H,3-6H2,1-2H3.